The number of terminal acetylenes is 1. The average molecular weight is 375 g/mol. The van der Waals surface area contributed by atoms with Gasteiger partial charge in [0, 0.05) is 12.7 Å². The first-order valence-electron chi connectivity index (χ1n) is 8.63. The highest BCUT2D eigenvalue weighted by Crippen LogP contribution is 2.33. The van der Waals surface area contributed by atoms with E-state index >= 15 is 0 Å². The van der Waals surface area contributed by atoms with Crippen LogP contribution in [0.4, 0.5) is 0 Å². The summed E-state index contributed by atoms with van der Waals surface area (Å²) in [6.07, 6.45) is 8.47. The van der Waals surface area contributed by atoms with Gasteiger partial charge in [-0.3, -0.25) is 9.36 Å². The van der Waals surface area contributed by atoms with Gasteiger partial charge in [-0.2, -0.15) is 0 Å². The number of methoxy groups -OCH3 is 2. The maximum absolute atomic E-state index is 12.6. The highest BCUT2D eigenvalue weighted by atomic mass is 16.5. The maximum atomic E-state index is 12.6. The third-order valence-corrected chi connectivity index (χ3v) is 4.37. The van der Waals surface area contributed by atoms with Crippen molar-refractivity contribution >= 4 is 5.91 Å². The van der Waals surface area contributed by atoms with Crippen molar-refractivity contribution in [3.05, 3.63) is 60.7 Å². The van der Waals surface area contributed by atoms with Gasteiger partial charge in [0.25, 0.3) is 5.91 Å². The number of ether oxygens (including phenoxy) is 2. The van der Waals surface area contributed by atoms with Crippen LogP contribution >= 0.6 is 0 Å². The highest BCUT2D eigenvalue weighted by Gasteiger charge is 2.17. The lowest BCUT2D eigenvalue weighted by Crippen LogP contribution is -2.28. The maximum Gasteiger partial charge on any atom is 0.273 e. The molecule has 0 aliphatic carbocycles. The van der Waals surface area contributed by atoms with E-state index in [1.165, 1.54) is 4.90 Å². The molecule has 6 nitrogen and oxygen atoms in total. The zero-order valence-corrected chi connectivity index (χ0v) is 16.0. The number of imidazole rings is 1. The summed E-state index contributed by atoms with van der Waals surface area (Å²) in [5, 5.41) is 0. The quantitative estimate of drug-likeness (QED) is 0.621. The second-order valence-electron chi connectivity index (χ2n) is 6.13. The van der Waals surface area contributed by atoms with Crippen LogP contribution in [-0.4, -0.2) is 48.2 Å². The fourth-order valence-corrected chi connectivity index (χ4v) is 2.91. The molecule has 0 saturated heterocycles. The summed E-state index contributed by atoms with van der Waals surface area (Å²) in [5.41, 5.74) is 3.21. The van der Waals surface area contributed by atoms with Gasteiger partial charge in [-0.15, -0.1) is 6.42 Å². The Morgan fingerprint density at radius 1 is 1.14 bits per heavy atom. The molecule has 6 heteroatoms. The molecule has 3 rings (SSSR count). The van der Waals surface area contributed by atoms with Gasteiger partial charge in [-0.25, -0.2) is 4.98 Å². The number of hydrogen-bond acceptors (Lipinski definition) is 4. The van der Waals surface area contributed by atoms with Gasteiger partial charge in [0.1, 0.15) is 5.69 Å². The SMILES string of the molecule is C#CCN(C)C(=O)c1cncn1-c1cccc(-c2ccc(OC)c(OC)c2)c1. The van der Waals surface area contributed by atoms with Gasteiger partial charge in [-0.05, 0) is 35.4 Å². The van der Waals surface area contributed by atoms with E-state index in [0.717, 1.165) is 16.8 Å². The van der Waals surface area contributed by atoms with E-state index in [-0.39, 0.29) is 12.5 Å². The van der Waals surface area contributed by atoms with Crippen molar-refractivity contribution in [2.45, 2.75) is 0 Å². The van der Waals surface area contributed by atoms with Gasteiger partial charge in [0.05, 0.1) is 33.3 Å². The molecule has 142 valence electrons. The van der Waals surface area contributed by atoms with Crippen LogP contribution in [0.1, 0.15) is 10.5 Å². The Balaban J connectivity index is 1.99. The third kappa shape index (κ3) is 3.69. The minimum Gasteiger partial charge on any atom is -0.493 e. The number of carbonyl (C=O) groups is 1. The lowest BCUT2D eigenvalue weighted by Gasteiger charge is -2.16. The highest BCUT2D eigenvalue weighted by molar-refractivity contribution is 5.93. The summed E-state index contributed by atoms with van der Waals surface area (Å²) >= 11 is 0. The number of carbonyl (C=O) groups excluding carboxylic acids is 1. The van der Waals surface area contributed by atoms with E-state index in [4.69, 9.17) is 15.9 Å². The Bertz CT molecular complexity index is 1030. The molecular weight excluding hydrogens is 354 g/mol. The second kappa shape index (κ2) is 8.31. The van der Waals surface area contributed by atoms with Crippen LogP contribution in [0.15, 0.2) is 55.0 Å². The minimum atomic E-state index is -0.188. The average Bonchev–Trinajstić information content (AvgIpc) is 3.22. The molecule has 0 spiro atoms. The van der Waals surface area contributed by atoms with E-state index < -0.39 is 0 Å². The topological polar surface area (TPSA) is 56.6 Å². The molecule has 0 unspecified atom stereocenters. The van der Waals surface area contributed by atoms with Crippen LogP contribution < -0.4 is 9.47 Å². The second-order valence-corrected chi connectivity index (χ2v) is 6.13. The number of rotatable bonds is 6. The van der Waals surface area contributed by atoms with Gasteiger partial charge >= 0.3 is 0 Å². The summed E-state index contributed by atoms with van der Waals surface area (Å²) in [7, 11) is 4.88. The van der Waals surface area contributed by atoms with Crippen LogP contribution in [0.2, 0.25) is 0 Å². The molecule has 0 N–H and O–H groups in total. The van der Waals surface area contributed by atoms with Crippen LogP contribution in [0.5, 0.6) is 11.5 Å². The Morgan fingerprint density at radius 3 is 2.61 bits per heavy atom. The van der Waals surface area contributed by atoms with Crippen LogP contribution in [0, 0.1) is 12.3 Å². The predicted octanol–water partition coefficient (Wildman–Crippen LogP) is 3.26. The van der Waals surface area contributed by atoms with Gasteiger partial charge in [-0.1, -0.05) is 24.1 Å². The van der Waals surface area contributed by atoms with Crippen LogP contribution in [0.3, 0.4) is 0 Å². The largest absolute Gasteiger partial charge is 0.493 e. The Hall–Kier alpha value is -3.72. The van der Waals surface area contributed by atoms with E-state index in [9.17, 15) is 4.79 Å². The van der Waals surface area contributed by atoms with E-state index in [1.54, 1.807) is 38.4 Å². The lowest BCUT2D eigenvalue weighted by molar-refractivity contribution is 0.0805. The monoisotopic (exact) mass is 375 g/mol. The molecule has 0 aliphatic heterocycles. The molecule has 0 aliphatic rings. The molecule has 0 atom stereocenters. The summed E-state index contributed by atoms with van der Waals surface area (Å²) in [6.45, 7) is 0.232. The normalized spacial score (nSPS) is 10.2. The van der Waals surface area contributed by atoms with E-state index in [1.807, 2.05) is 42.5 Å². The van der Waals surface area contributed by atoms with Crippen LogP contribution in [-0.2, 0) is 0 Å². The Kier molecular flexibility index (Phi) is 5.66. The van der Waals surface area contributed by atoms with Gasteiger partial charge < -0.3 is 14.4 Å². The molecule has 3 aromatic rings. The fourth-order valence-electron chi connectivity index (χ4n) is 2.91. The van der Waals surface area contributed by atoms with Gasteiger partial charge in [0.2, 0.25) is 0 Å². The molecule has 1 aromatic heterocycles. The standard InChI is InChI=1S/C22H21N3O3/c1-5-11-24(2)22(26)19-14-23-15-25(19)18-8-6-7-16(12-18)17-9-10-20(27-3)21(13-17)28-4/h1,6-10,12-15H,11H2,2-4H3. The van der Waals surface area contributed by atoms with Crippen molar-refractivity contribution < 1.29 is 14.3 Å². The molecule has 0 fully saturated rings. The fraction of sp³-hybridized carbons (Fsp3) is 0.182. The van der Waals surface area contributed by atoms with Crippen molar-refractivity contribution in [2.75, 3.05) is 27.8 Å². The number of amides is 1. The van der Waals surface area contributed by atoms with Crippen LogP contribution in [0.25, 0.3) is 16.8 Å². The Morgan fingerprint density at radius 2 is 1.89 bits per heavy atom. The zero-order chi connectivity index (χ0) is 20.1. The molecule has 0 radical (unpaired) electrons. The zero-order valence-electron chi connectivity index (χ0n) is 16.0. The van der Waals surface area contributed by atoms with E-state index in [2.05, 4.69) is 10.9 Å². The predicted molar refractivity (Wildman–Crippen MR) is 108 cm³/mol. The lowest BCUT2D eigenvalue weighted by atomic mass is 10.0. The summed E-state index contributed by atoms with van der Waals surface area (Å²) in [5.74, 6) is 3.61. The van der Waals surface area contributed by atoms with Crippen molar-refractivity contribution in [1.29, 1.82) is 0 Å². The van der Waals surface area contributed by atoms with Gasteiger partial charge in [0.15, 0.2) is 11.5 Å². The molecule has 2 aromatic carbocycles. The molecule has 1 amide bonds. The Labute approximate surface area is 164 Å². The first-order valence-corrected chi connectivity index (χ1v) is 8.63. The molecular formula is C22H21N3O3. The van der Waals surface area contributed by atoms with Crippen molar-refractivity contribution in [3.63, 3.8) is 0 Å². The first kappa shape index (κ1) is 19.1. The van der Waals surface area contributed by atoms with Crippen molar-refractivity contribution in [1.82, 2.24) is 14.5 Å². The summed E-state index contributed by atoms with van der Waals surface area (Å²) < 4.78 is 12.4. The van der Waals surface area contributed by atoms with Crippen molar-refractivity contribution in [2.24, 2.45) is 0 Å². The van der Waals surface area contributed by atoms with Crippen molar-refractivity contribution in [3.8, 4) is 40.7 Å². The number of benzene rings is 2. The summed E-state index contributed by atoms with van der Waals surface area (Å²) in [4.78, 5) is 18.3. The number of nitrogens with zero attached hydrogens (tertiary/aromatic N) is 3. The molecule has 1 heterocycles. The number of aromatic nitrogens is 2. The first-order chi connectivity index (χ1) is 13.6. The van der Waals surface area contributed by atoms with E-state index in [0.29, 0.717) is 17.2 Å². The molecule has 28 heavy (non-hydrogen) atoms. The third-order valence-electron chi connectivity index (χ3n) is 4.37. The number of hydrogen-bond donors (Lipinski definition) is 0. The molecule has 0 saturated carbocycles. The smallest absolute Gasteiger partial charge is 0.273 e. The summed E-state index contributed by atoms with van der Waals surface area (Å²) in [6, 6.07) is 13.6. The minimum absolute atomic E-state index is 0.188. The molecule has 0 bridgehead atoms.